The molecule has 0 aliphatic heterocycles. The second-order valence-corrected chi connectivity index (χ2v) is 7.22. The van der Waals surface area contributed by atoms with Crippen LogP contribution < -0.4 is 5.32 Å². The van der Waals surface area contributed by atoms with Crippen LogP contribution in [-0.2, 0) is 0 Å². The summed E-state index contributed by atoms with van der Waals surface area (Å²) in [5, 5.41) is 4.40. The Bertz CT molecular complexity index is 611. The van der Waals surface area contributed by atoms with Crippen molar-refractivity contribution in [3.8, 4) is 0 Å². The number of nitrogens with zero attached hydrogens (tertiary/aromatic N) is 2. The van der Waals surface area contributed by atoms with Crippen molar-refractivity contribution in [3.63, 3.8) is 0 Å². The molecule has 2 aromatic rings. The third kappa shape index (κ3) is 4.20. The molecule has 3 nitrogen and oxygen atoms in total. The summed E-state index contributed by atoms with van der Waals surface area (Å²) in [5.41, 5.74) is 0. The minimum absolute atomic E-state index is 0.567. The molecule has 5 heteroatoms. The van der Waals surface area contributed by atoms with Crippen molar-refractivity contribution in [2.24, 2.45) is 0 Å². The van der Waals surface area contributed by atoms with Crippen LogP contribution in [0.5, 0.6) is 0 Å². The lowest BCUT2D eigenvalue weighted by Gasteiger charge is -2.09. The highest BCUT2D eigenvalue weighted by atomic mass is 79.9. The maximum absolute atomic E-state index is 4.72. The number of hydrogen-bond acceptors (Lipinski definition) is 4. The highest BCUT2D eigenvalue weighted by molar-refractivity contribution is 9.10. The van der Waals surface area contributed by atoms with Gasteiger partial charge in [0.1, 0.15) is 16.7 Å². The summed E-state index contributed by atoms with van der Waals surface area (Å²) in [6.45, 7) is 3.11. The number of anilines is 1. The molecule has 1 heterocycles. The average molecular weight is 364 g/mol. The molecule has 1 N–H and O–H groups in total. The van der Waals surface area contributed by atoms with Crippen LogP contribution in [0.1, 0.15) is 37.9 Å². The molecule has 1 fully saturated rings. The van der Waals surface area contributed by atoms with E-state index in [-0.39, 0.29) is 0 Å². The quantitative estimate of drug-likeness (QED) is 0.725. The van der Waals surface area contributed by atoms with E-state index in [0.717, 1.165) is 34.1 Å². The highest BCUT2D eigenvalue weighted by Crippen LogP contribution is 2.39. The standard InChI is InChI=1S/C16H18BrN3S/c1-2-9-18-14-10-15(20-16(19-14)11-3-4-11)21-13-7-5-12(17)6-8-13/h5-8,10-11H,2-4,9H2,1H3,(H,18,19,20). The van der Waals surface area contributed by atoms with Gasteiger partial charge in [0, 0.05) is 27.9 Å². The lowest BCUT2D eigenvalue weighted by atomic mass is 10.4. The second kappa shape index (κ2) is 6.79. The van der Waals surface area contributed by atoms with Gasteiger partial charge in [0.05, 0.1) is 0 Å². The fourth-order valence-corrected chi connectivity index (χ4v) is 3.07. The molecule has 0 radical (unpaired) electrons. The first-order valence-corrected chi connectivity index (χ1v) is 8.92. The van der Waals surface area contributed by atoms with Crippen molar-refractivity contribution in [3.05, 3.63) is 40.6 Å². The molecule has 1 aromatic heterocycles. The number of hydrogen-bond donors (Lipinski definition) is 1. The molecular weight excluding hydrogens is 346 g/mol. The lowest BCUT2D eigenvalue weighted by molar-refractivity contribution is 0.868. The van der Waals surface area contributed by atoms with Gasteiger partial charge in [-0.15, -0.1) is 0 Å². The fraction of sp³-hybridized carbons (Fsp3) is 0.375. The molecule has 110 valence electrons. The SMILES string of the molecule is CCCNc1cc(Sc2ccc(Br)cc2)nc(C2CC2)n1. The summed E-state index contributed by atoms with van der Waals surface area (Å²) in [4.78, 5) is 10.6. The van der Waals surface area contributed by atoms with Crippen LogP contribution in [0.15, 0.2) is 44.7 Å². The van der Waals surface area contributed by atoms with Crippen LogP contribution in [0.2, 0.25) is 0 Å². The number of halogens is 1. The van der Waals surface area contributed by atoms with E-state index in [9.17, 15) is 0 Å². The van der Waals surface area contributed by atoms with Crippen molar-refractivity contribution in [2.45, 2.75) is 42.0 Å². The maximum atomic E-state index is 4.72. The van der Waals surface area contributed by atoms with Crippen molar-refractivity contribution in [1.82, 2.24) is 9.97 Å². The zero-order valence-electron chi connectivity index (χ0n) is 12.0. The third-order valence-electron chi connectivity index (χ3n) is 3.25. The fourth-order valence-electron chi connectivity index (χ4n) is 1.99. The smallest absolute Gasteiger partial charge is 0.135 e. The van der Waals surface area contributed by atoms with Crippen LogP contribution >= 0.6 is 27.7 Å². The minimum atomic E-state index is 0.567. The molecule has 1 aliphatic carbocycles. The first-order chi connectivity index (χ1) is 10.2. The van der Waals surface area contributed by atoms with E-state index in [0.29, 0.717) is 5.92 Å². The van der Waals surface area contributed by atoms with Crippen LogP contribution in [-0.4, -0.2) is 16.5 Å². The Morgan fingerprint density at radius 1 is 1.24 bits per heavy atom. The maximum Gasteiger partial charge on any atom is 0.135 e. The van der Waals surface area contributed by atoms with Gasteiger partial charge in [0.2, 0.25) is 0 Å². The van der Waals surface area contributed by atoms with Gasteiger partial charge in [-0.1, -0.05) is 34.6 Å². The van der Waals surface area contributed by atoms with Gasteiger partial charge in [-0.25, -0.2) is 9.97 Å². The first kappa shape index (κ1) is 14.9. The predicted octanol–water partition coefficient (Wildman–Crippen LogP) is 5.09. The molecule has 1 saturated carbocycles. The molecule has 0 atom stereocenters. The van der Waals surface area contributed by atoms with Gasteiger partial charge in [0.25, 0.3) is 0 Å². The normalized spacial score (nSPS) is 14.2. The van der Waals surface area contributed by atoms with Crippen molar-refractivity contribution >= 4 is 33.5 Å². The zero-order valence-corrected chi connectivity index (χ0v) is 14.4. The third-order valence-corrected chi connectivity index (χ3v) is 4.71. The highest BCUT2D eigenvalue weighted by Gasteiger charge is 2.27. The van der Waals surface area contributed by atoms with Gasteiger partial charge in [0.15, 0.2) is 0 Å². The summed E-state index contributed by atoms with van der Waals surface area (Å²) in [6.07, 6.45) is 3.54. The summed E-state index contributed by atoms with van der Waals surface area (Å²) in [6, 6.07) is 10.4. The molecule has 0 saturated heterocycles. The van der Waals surface area contributed by atoms with Gasteiger partial charge in [-0.2, -0.15) is 0 Å². The number of benzene rings is 1. The minimum Gasteiger partial charge on any atom is -0.370 e. The Morgan fingerprint density at radius 2 is 2.00 bits per heavy atom. The molecule has 0 unspecified atom stereocenters. The van der Waals surface area contributed by atoms with Crippen LogP contribution in [0.25, 0.3) is 0 Å². The molecule has 1 aliphatic rings. The number of nitrogens with one attached hydrogen (secondary N) is 1. The van der Waals surface area contributed by atoms with E-state index in [2.05, 4.69) is 57.4 Å². The number of rotatable bonds is 6. The first-order valence-electron chi connectivity index (χ1n) is 7.31. The molecule has 0 amide bonds. The summed E-state index contributed by atoms with van der Waals surface area (Å²) >= 11 is 5.16. The van der Waals surface area contributed by atoms with E-state index in [1.54, 1.807) is 11.8 Å². The molecule has 0 bridgehead atoms. The van der Waals surface area contributed by atoms with Gasteiger partial charge in [-0.3, -0.25) is 0 Å². The van der Waals surface area contributed by atoms with Crippen LogP contribution in [0.3, 0.4) is 0 Å². The largest absolute Gasteiger partial charge is 0.370 e. The average Bonchev–Trinajstić information content (AvgIpc) is 3.32. The van der Waals surface area contributed by atoms with Gasteiger partial charge in [-0.05, 0) is 43.5 Å². The molecule has 3 rings (SSSR count). The summed E-state index contributed by atoms with van der Waals surface area (Å²) in [7, 11) is 0. The summed E-state index contributed by atoms with van der Waals surface area (Å²) < 4.78 is 1.10. The topological polar surface area (TPSA) is 37.8 Å². The van der Waals surface area contributed by atoms with Gasteiger partial charge < -0.3 is 5.32 Å². The Hall–Kier alpha value is -1.07. The van der Waals surface area contributed by atoms with E-state index in [4.69, 9.17) is 4.98 Å². The van der Waals surface area contributed by atoms with Crippen LogP contribution in [0.4, 0.5) is 5.82 Å². The Kier molecular flexibility index (Phi) is 4.80. The Morgan fingerprint density at radius 3 is 2.67 bits per heavy atom. The Labute approximate surface area is 138 Å². The molecule has 0 spiro atoms. The van der Waals surface area contributed by atoms with E-state index in [1.165, 1.54) is 17.7 Å². The second-order valence-electron chi connectivity index (χ2n) is 5.21. The molecule has 1 aromatic carbocycles. The van der Waals surface area contributed by atoms with Crippen molar-refractivity contribution < 1.29 is 0 Å². The van der Waals surface area contributed by atoms with Crippen LogP contribution in [0, 0.1) is 0 Å². The van der Waals surface area contributed by atoms with E-state index < -0.39 is 0 Å². The van der Waals surface area contributed by atoms with Crippen molar-refractivity contribution in [2.75, 3.05) is 11.9 Å². The molecular formula is C16H18BrN3S. The molecule has 21 heavy (non-hydrogen) atoms. The predicted molar refractivity (Wildman–Crippen MR) is 91.1 cm³/mol. The van der Waals surface area contributed by atoms with Gasteiger partial charge >= 0.3 is 0 Å². The zero-order chi connectivity index (χ0) is 14.7. The number of aromatic nitrogens is 2. The summed E-state index contributed by atoms with van der Waals surface area (Å²) in [5.74, 6) is 2.52. The van der Waals surface area contributed by atoms with Crippen molar-refractivity contribution in [1.29, 1.82) is 0 Å². The lowest BCUT2D eigenvalue weighted by Crippen LogP contribution is -2.05. The monoisotopic (exact) mass is 363 g/mol. The van der Waals surface area contributed by atoms with E-state index in [1.807, 2.05) is 6.07 Å². The van der Waals surface area contributed by atoms with E-state index >= 15 is 0 Å². The Balaban J connectivity index is 1.82.